The van der Waals surface area contributed by atoms with Crippen LogP contribution in [0.5, 0.6) is 0 Å². The summed E-state index contributed by atoms with van der Waals surface area (Å²) >= 11 is 0. The second kappa shape index (κ2) is 7.09. The monoisotopic (exact) mass is 310 g/mol. The molecule has 0 saturated carbocycles. The molecule has 0 aliphatic carbocycles. The Balaban J connectivity index is 2.45. The van der Waals surface area contributed by atoms with Crippen molar-refractivity contribution in [2.45, 2.75) is 59.2 Å². The van der Waals surface area contributed by atoms with Gasteiger partial charge in [0.1, 0.15) is 11.4 Å². The van der Waals surface area contributed by atoms with Crippen LogP contribution in [0.2, 0.25) is 0 Å². The van der Waals surface area contributed by atoms with Crippen molar-refractivity contribution in [3.05, 3.63) is 35.1 Å². The maximum atomic E-state index is 13.2. The fourth-order valence-electron chi connectivity index (χ4n) is 1.96. The summed E-state index contributed by atoms with van der Waals surface area (Å²) in [6.07, 6.45) is -0.433. The molecule has 0 aliphatic rings. The molecule has 0 aliphatic heterocycles. The number of carbonyl (C=O) groups is 1. The molecule has 4 nitrogen and oxygen atoms in total. The highest BCUT2D eigenvalue weighted by atomic mass is 19.1. The van der Waals surface area contributed by atoms with Crippen molar-refractivity contribution in [2.75, 3.05) is 6.54 Å². The topological polar surface area (TPSA) is 50.4 Å². The molecular formula is C17H27FN2O2. The summed E-state index contributed by atoms with van der Waals surface area (Å²) in [6, 6.07) is 5.04. The molecule has 0 aromatic heterocycles. The molecule has 0 saturated heterocycles. The van der Waals surface area contributed by atoms with E-state index in [-0.39, 0.29) is 5.82 Å². The lowest BCUT2D eigenvalue weighted by Crippen LogP contribution is -2.51. The lowest BCUT2D eigenvalue weighted by Gasteiger charge is -2.29. The van der Waals surface area contributed by atoms with E-state index in [9.17, 15) is 9.18 Å². The van der Waals surface area contributed by atoms with Crippen molar-refractivity contribution >= 4 is 6.09 Å². The molecule has 22 heavy (non-hydrogen) atoms. The molecule has 5 heteroatoms. The van der Waals surface area contributed by atoms with Gasteiger partial charge in [-0.2, -0.15) is 0 Å². The van der Waals surface area contributed by atoms with E-state index in [0.29, 0.717) is 18.7 Å². The molecule has 1 amide bonds. The zero-order valence-electron chi connectivity index (χ0n) is 14.3. The molecule has 1 aromatic carbocycles. The number of ether oxygens (including phenoxy) is 1. The molecule has 0 atom stereocenters. The second-order valence-corrected chi connectivity index (χ2v) is 7.20. The van der Waals surface area contributed by atoms with Crippen LogP contribution in [-0.4, -0.2) is 23.8 Å². The number of hydrogen-bond donors (Lipinski definition) is 2. The quantitative estimate of drug-likeness (QED) is 0.875. The fourth-order valence-corrected chi connectivity index (χ4v) is 1.96. The Morgan fingerprint density at radius 3 is 2.41 bits per heavy atom. The first-order valence-corrected chi connectivity index (χ1v) is 7.45. The number of hydrogen-bond acceptors (Lipinski definition) is 3. The molecular weight excluding hydrogens is 283 g/mol. The van der Waals surface area contributed by atoms with Crippen molar-refractivity contribution in [2.24, 2.45) is 0 Å². The Morgan fingerprint density at radius 2 is 1.86 bits per heavy atom. The van der Waals surface area contributed by atoms with Gasteiger partial charge in [0.15, 0.2) is 0 Å². The summed E-state index contributed by atoms with van der Waals surface area (Å²) in [6.45, 7) is 12.2. The minimum atomic E-state index is -0.515. The standard InChI is InChI=1S/C17H27FN2O2/c1-12-9-13(7-8-14(12)18)10-19-11-17(5,6)20-15(21)22-16(2,3)4/h7-9,19H,10-11H2,1-6H3,(H,20,21). The number of amides is 1. The van der Waals surface area contributed by atoms with Crippen molar-refractivity contribution in [3.63, 3.8) is 0 Å². The molecule has 124 valence electrons. The molecule has 1 rings (SSSR count). The SMILES string of the molecule is Cc1cc(CNCC(C)(C)NC(=O)OC(C)(C)C)ccc1F. The molecule has 0 unspecified atom stereocenters. The minimum Gasteiger partial charge on any atom is -0.444 e. The molecule has 0 bridgehead atoms. The van der Waals surface area contributed by atoms with Gasteiger partial charge in [-0.05, 0) is 58.7 Å². The molecule has 0 fully saturated rings. The van der Waals surface area contributed by atoms with E-state index >= 15 is 0 Å². The van der Waals surface area contributed by atoms with Gasteiger partial charge in [0.2, 0.25) is 0 Å². The predicted molar refractivity (Wildman–Crippen MR) is 86.3 cm³/mol. The van der Waals surface area contributed by atoms with Crippen LogP contribution in [0.1, 0.15) is 45.7 Å². The first kappa shape index (κ1) is 18.4. The Bertz CT molecular complexity index is 522. The fraction of sp³-hybridized carbons (Fsp3) is 0.588. The summed E-state index contributed by atoms with van der Waals surface area (Å²) in [7, 11) is 0. The average molecular weight is 310 g/mol. The first-order chi connectivity index (χ1) is 9.98. The third-order valence-corrected chi connectivity index (χ3v) is 2.96. The van der Waals surface area contributed by atoms with Gasteiger partial charge in [0.05, 0.1) is 5.54 Å². The van der Waals surface area contributed by atoms with E-state index in [1.807, 2.05) is 40.7 Å². The Kier molecular flexibility index (Phi) is 5.94. The molecule has 0 spiro atoms. The highest BCUT2D eigenvalue weighted by Gasteiger charge is 2.24. The van der Waals surface area contributed by atoms with E-state index < -0.39 is 17.2 Å². The third-order valence-electron chi connectivity index (χ3n) is 2.96. The normalized spacial score (nSPS) is 12.1. The Labute approximate surface area is 132 Å². The summed E-state index contributed by atoms with van der Waals surface area (Å²) in [4.78, 5) is 11.8. The highest BCUT2D eigenvalue weighted by Crippen LogP contribution is 2.11. The van der Waals surface area contributed by atoms with E-state index in [0.717, 1.165) is 5.56 Å². The van der Waals surface area contributed by atoms with Gasteiger partial charge in [-0.15, -0.1) is 0 Å². The summed E-state index contributed by atoms with van der Waals surface area (Å²) in [5.41, 5.74) is 0.675. The van der Waals surface area contributed by atoms with Gasteiger partial charge >= 0.3 is 6.09 Å². The van der Waals surface area contributed by atoms with Gasteiger partial charge in [0, 0.05) is 13.1 Å². The van der Waals surface area contributed by atoms with Gasteiger partial charge in [-0.3, -0.25) is 0 Å². The van der Waals surface area contributed by atoms with E-state index in [1.54, 1.807) is 13.0 Å². The van der Waals surface area contributed by atoms with Crippen LogP contribution in [0.3, 0.4) is 0 Å². The Morgan fingerprint density at radius 1 is 1.23 bits per heavy atom. The van der Waals surface area contributed by atoms with Crippen LogP contribution < -0.4 is 10.6 Å². The maximum Gasteiger partial charge on any atom is 0.408 e. The van der Waals surface area contributed by atoms with Crippen LogP contribution in [0.25, 0.3) is 0 Å². The number of benzene rings is 1. The molecule has 2 N–H and O–H groups in total. The third kappa shape index (κ3) is 6.89. The van der Waals surface area contributed by atoms with Gasteiger partial charge < -0.3 is 15.4 Å². The van der Waals surface area contributed by atoms with E-state index in [1.165, 1.54) is 6.07 Å². The second-order valence-electron chi connectivity index (χ2n) is 7.20. The van der Waals surface area contributed by atoms with Crippen LogP contribution in [0.15, 0.2) is 18.2 Å². The van der Waals surface area contributed by atoms with Crippen molar-refractivity contribution in [1.82, 2.24) is 10.6 Å². The number of nitrogens with one attached hydrogen (secondary N) is 2. The number of halogens is 1. The predicted octanol–water partition coefficient (Wildman–Crippen LogP) is 3.53. The van der Waals surface area contributed by atoms with Gasteiger partial charge in [0.25, 0.3) is 0 Å². The number of rotatable bonds is 5. The number of aryl methyl sites for hydroxylation is 1. The smallest absolute Gasteiger partial charge is 0.408 e. The van der Waals surface area contributed by atoms with Crippen LogP contribution in [0, 0.1) is 12.7 Å². The van der Waals surface area contributed by atoms with Crippen molar-refractivity contribution in [1.29, 1.82) is 0 Å². The Hall–Kier alpha value is -1.62. The average Bonchev–Trinajstić information content (AvgIpc) is 2.30. The van der Waals surface area contributed by atoms with Crippen LogP contribution in [-0.2, 0) is 11.3 Å². The van der Waals surface area contributed by atoms with E-state index in [2.05, 4.69) is 10.6 Å². The lowest BCUT2D eigenvalue weighted by molar-refractivity contribution is 0.0472. The summed E-state index contributed by atoms with van der Waals surface area (Å²) in [5, 5.41) is 6.10. The zero-order chi connectivity index (χ0) is 17.0. The van der Waals surface area contributed by atoms with Gasteiger partial charge in [-0.1, -0.05) is 12.1 Å². The largest absolute Gasteiger partial charge is 0.444 e. The van der Waals surface area contributed by atoms with Crippen LogP contribution in [0.4, 0.5) is 9.18 Å². The molecule has 0 radical (unpaired) electrons. The first-order valence-electron chi connectivity index (χ1n) is 7.45. The van der Waals surface area contributed by atoms with Crippen molar-refractivity contribution < 1.29 is 13.9 Å². The molecule has 0 heterocycles. The summed E-state index contributed by atoms with van der Waals surface area (Å²) < 4.78 is 18.5. The van der Waals surface area contributed by atoms with Crippen LogP contribution >= 0.6 is 0 Å². The molecule has 1 aromatic rings. The zero-order valence-corrected chi connectivity index (χ0v) is 14.3. The van der Waals surface area contributed by atoms with E-state index in [4.69, 9.17) is 4.74 Å². The number of alkyl carbamates (subject to hydrolysis) is 1. The highest BCUT2D eigenvalue weighted by molar-refractivity contribution is 5.68. The maximum absolute atomic E-state index is 13.2. The number of carbonyl (C=O) groups excluding carboxylic acids is 1. The summed E-state index contributed by atoms with van der Waals surface area (Å²) in [5.74, 6) is -0.198. The lowest BCUT2D eigenvalue weighted by atomic mass is 10.1. The van der Waals surface area contributed by atoms with Gasteiger partial charge in [-0.25, -0.2) is 9.18 Å². The van der Waals surface area contributed by atoms with Crippen molar-refractivity contribution in [3.8, 4) is 0 Å². The minimum absolute atomic E-state index is 0.198.